The normalized spacial score (nSPS) is 14.4. The van der Waals surface area contributed by atoms with Crippen molar-refractivity contribution in [2.75, 3.05) is 0 Å². The van der Waals surface area contributed by atoms with Crippen molar-refractivity contribution < 1.29 is 17.9 Å². The molecule has 0 saturated heterocycles. The van der Waals surface area contributed by atoms with Crippen LogP contribution < -0.4 is 0 Å². The minimum Gasteiger partial charge on any atom is -0.489 e. The van der Waals surface area contributed by atoms with Gasteiger partial charge in [-0.1, -0.05) is 18.2 Å². The topological polar surface area (TPSA) is 26.5 Å². The Morgan fingerprint density at radius 3 is 2.59 bits per heavy atom. The number of aromatic nitrogens is 2. The quantitative estimate of drug-likeness (QED) is 0.583. The molecule has 0 bridgehead atoms. The maximum Gasteiger partial charge on any atom is 0.416 e. The maximum atomic E-state index is 12.8. The van der Waals surface area contributed by atoms with Gasteiger partial charge in [-0.05, 0) is 60.4 Å². The number of hydrogen-bond acceptors (Lipinski definition) is 2. The van der Waals surface area contributed by atoms with E-state index in [-0.39, 0.29) is 0 Å². The maximum absolute atomic E-state index is 12.8. The standard InChI is InChI=1S/C21H17F3N2O/c22-21(23,24)17-8-6-16(7-9-17)19-13-25-26-11-10-15(12-20(19)26)14-27-18-4-2-1-3-5-18/h2,4-13H,1,3,14H2. The van der Waals surface area contributed by atoms with Gasteiger partial charge in [-0.2, -0.15) is 18.3 Å². The molecule has 0 spiro atoms. The lowest BCUT2D eigenvalue weighted by atomic mass is 10.0. The number of fused-ring (bicyclic) bond motifs is 1. The van der Waals surface area contributed by atoms with E-state index in [0.717, 1.165) is 47.4 Å². The van der Waals surface area contributed by atoms with Crippen LogP contribution in [0.25, 0.3) is 16.6 Å². The molecule has 0 aliphatic heterocycles. The average Bonchev–Trinajstić information content (AvgIpc) is 3.10. The lowest BCUT2D eigenvalue weighted by Crippen LogP contribution is -2.03. The molecule has 0 saturated carbocycles. The van der Waals surface area contributed by atoms with E-state index in [1.165, 1.54) is 12.1 Å². The summed E-state index contributed by atoms with van der Waals surface area (Å²) in [6.07, 6.45) is 7.27. The minimum atomic E-state index is -4.34. The van der Waals surface area contributed by atoms with Crippen molar-refractivity contribution in [3.05, 3.63) is 83.9 Å². The molecule has 0 fully saturated rings. The van der Waals surface area contributed by atoms with Crippen LogP contribution in [0.1, 0.15) is 24.0 Å². The molecular formula is C21H17F3N2O. The van der Waals surface area contributed by atoms with Crippen molar-refractivity contribution in [1.82, 2.24) is 9.61 Å². The summed E-state index contributed by atoms with van der Waals surface area (Å²) < 4.78 is 45.8. The fourth-order valence-corrected chi connectivity index (χ4v) is 3.04. The van der Waals surface area contributed by atoms with Crippen LogP contribution in [0.2, 0.25) is 0 Å². The largest absolute Gasteiger partial charge is 0.489 e. The van der Waals surface area contributed by atoms with Gasteiger partial charge in [0.25, 0.3) is 0 Å². The first-order valence-corrected chi connectivity index (χ1v) is 8.64. The smallest absolute Gasteiger partial charge is 0.416 e. The second-order valence-electron chi connectivity index (χ2n) is 6.37. The van der Waals surface area contributed by atoms with Crippen LogP contribution in [-0.4, -0.2) is 9.61 Å². The fourth-order valence-electron chi connectivity index (χ4n) is 3.04. The predicted molar refractivity (Wildman–Crippen MR) is 96.9 cm³/mol. The van der Waals surface area contributed by atoms with Gasteiger partial charge >= 0.3 is 6.18 Å². The Balaban J connectivity index is 1.60. The van der Waals surface area contributed by atoms with E-state index < -0.39 is 11.7 Å². The van der Waals surface area contributed by atoms with Crippen molar-refractivity contribution in [3.63, 3.8) is 0 Å². The predicted octanol–water partition coefficient (Wildman–Crippen LogP) is 5.77. The van der Waals surface area contributed by atoms with Crippen LogP contribution in [0.15, 0.2) is 72.8 Å². The Bertz CT molecular complexity index is 1010. The summed E-state index contributed by atoms with van der Waals surface area (Å²) >= 11 is 0. The van der Waals surface area contributed by atoms with Gasteiger partial charge < -0.3 is 4.74 Å². The van der Waals surface area contributed by atoms with E-state index in [1.54, 1.807) is 10.7 Å². The Kier molecular flexibility index (Phi) is 4.48. The van der Waals surface area contributed by atoms with Crippen molar-refractivity contribution in [2.24, 2.45) is 0 Å². The number of rotatable bonds is 4. The van der Waals surface area contributed by atoms with Gasteiger partial charge in [-0.3, -0.25) is 0 Å². The Morgan fingerprint density at radius 1 is 1.07 bits per heavy atom. The number of ether oxygens (including phenoxy) is 1. The second-order valence-corrected chi connectivity index (χ2v) is 6.37. The number of hydrogen-bond donors (Lipinski definition) is 0. The van der Waals surface area contributed by atoms with Gasteiger partial charge in [0.05, 0.1) is 17.3 Å². The van der Waals surface area contributed by atoms with Gasteiger partial charge in [0.15, 0.2) is 0 Å². The molecule has 0 unspecified atom stereocenters. The minimum absolute atomic E-state index is 0.421. The highest BCUT2D eigenvalue weighted by molar-refractivity contribution is 5.80. The van der Waals surface area contributed by atoms with Crippen molar-refractivity contribution in [1.29, 1.82) is 0 Å². The first-order valence-electron chi connectivity index (χ1n) is 8.64. The molecule has 0 radical (unpaired) electrons. The zero-order valence-electron chi connectivity index (χ0n) is 14.4. The van der Waals surface area contributed by atoms with Gasteiger partial charge in [0.2, 0.25) is 0 Å². The van der Waals surface area contributed by atoms with E-state index in [2.05, 4.69) is 17.3 Å². The average molecular weight is 370 g/mol. The van der Waals surface area contributed by atoms with Crippen LogP contribution >= 0.6 is 0 Å². The van der Waals surface area contributed by atoms with E-state index in [1.807, 2.05) is 24.4 Å². The lowest BCUT2D eigenvalue weighted by Gasteiger charge is -2.10. The molecular weight excluding hydrogens is 353 g/mol. The molecule has 138 valence electrons. The van der Waals surface area contributed by atoms with Gasteiger partial charge in [-0.15, -0.1) is 0 Å². The van der Waals surface area contributed by atoms with Crippen LogP contribution in [0, 0.1) is 0 Å². The first kappa shape index (κ1) is 17.4. The molecule has 0 N–H and O–H groups in total. The summed E-state index contributed by atoms with van der Waals surface area (Å²) in [7, 11) is 0. The van der Waals surface area contributed by atoms with E-state index >= 15 is 0 Å². The molecule has 3 nitrogen and oxygen atoms in total. The van der Waals surface area contributed by atoms with Crippen LogP contribution in [0.3, 0.4) is 0 Å². The SMILES string of the molecule is FC(F)(F)c1ccc(-c2cnn3ccc(COC4=CCCC=C4)cc23)cc1. The van der Waals surface area contributed by atoms with Crippen molar-refractivity contribution in [2.45, 2.75) is 25.6 Å². The molecule has 1 aliphatic rings. The summed E-state index contributed by atoms with van der Waals surface area (Å²) in [6.45, 7) is 0.421. The second kappa shape index (κ2) is 6.95. The summed E-state index contributed by atoms with van der Waals surface area (Å²) in [4.78, 5) is 0. The molecule has 2 aromatic heterocycles. The molecule has 0 amide bonds. The first-order chi connectivity index (χ1) is 13.0. The number of allylic oxidation sites excluding steroid dienone is 3. The zero-order valence-corrected chi connectivity index (χ0v) is 14.4. The molecule has 6 heteroatoms. The molecule has 0 atom stereocenters. The molecule has 3 aromatic rings. The van der Waals surface area contributed by atoms with E-state index in [0.29, 0.717) is 12.2 Å². The molecule has 27 heavy (non-hydrogen) atoms. The monoisotopic (exact) mass is 370 g/mol. The highest BCUT2D eigenvalue weighted by Gasteiger charge is 2.30. The third-order valence-corrected chi connectivity index (χ3v) is 4.48. The van der Waals surface area contributed by atoms with Gasteiger partial charge in [0, 0.05) is 11.8 Å². The lowest BCUT2D eigenvalue weighted by molar-refractivity contribution is -0.137. The highest BCUT2D eigenvalue weighted by Crippen LogP contribution is 2.32. The Labute approximate surface area is 154 Å². The number of alkyl halides is 3. The highest BCUT2D eigenvalue weighted by atomic mass is 19.4. The molecule has 2 heterocycles. The van der Waals surface area contributed by atoms with Crippen molar-refractivity contribution >= 4 is 5.52 Å². The van der Waals surface area contributed by atoms with Crippen LogP contribution in [-0.2, 0) is 17.5 Å². The zero-order chi connectivity index (χ0) is 18.9. The Hall–Kier alpha value is -3.02. The summed E-state index contributed by atoms with van der Waals surface area (Å²) in [5.41, 5.74) is 2.60. The van der Waals surface area contributed by atoms with Gasteiger partial charge in [0.1, 0.15) is 12.4 Å². The van der Waals surface area contributed by atoms with E-state index in [4.69, 9.17) is 4.74 Å². The third-order valence-electron chi connectivity index (χ3n) is 4.48. The summed E-state index contributed by atoms with van der Waals surface area (Å²) in [6, 6.07) is 9.00. The number of pyridine rings is 1. The van der Waals surface area contributed by atoms with Crippen LogP contribution in [0.4, 0.5) is 13.2 Å². The molecule has 1 aromatic carbocycles. The number of halogens is 3. The summed E-state index contributed by atoms with van der Waals surface area (Å²) in [5, 5.41) is 4.29. The van der Waals surface area contributed by atoms with Crippen molar-refractivity contribution in [3.8, 4) is 11.1 Å². The number of benzene rings is 1. The van der Waals surface area contributed by atoms with Gasteiger partial charge in [-0.25, -0.2) is 4.52 Å². The third kappa shape index (κ3) is 3.74. The van der Waals surface area contributed by atoms with Crippen LogP contribution in [0.5, 0.6) is 0 Å². The summed E-state index contributed by atoms with van der Waals surface area (Å²) in [5.74, 6) is 0.859. The molecule has 4 rings (SSSR count). The number of nitrogens with zero attached hydrogens (tertiary/aromatic N) is 2. The Morgan fingerprint density at radius 2 is 1.89 bits per heavy atom. The van der Waals surface area contributed by atoms with E-state index in [9.17, 15) is 13.2 Å². The molecule has 1 aliphatic carbocycles. The fraction of sp³-hybridized carbons (Fsp3) is 0.190.